The predicted molar refractivity (Wildman–Crippen MR) is 104 cm³/mol. The normalized spacial score (nSPS) is 11.0. The number of ether oxygens (including phenoxy) is 2. The number of hydrogen-bond donors (Lipinski definition) is 2. The molecule has 0 saturated heterocycles. The number of sulfonamides is 1. The molecule has 0 radical (unpaired) electrons. The van der Waals surface area contributed by atoms with Crippen molar-refractivity contribution in [2.75, 3.05) is 18.4 Å². The van der Waals surface area contributed by atoms with E-state index in [2.05, 4.69) is 10.0 Å². The standard InChI is InChI=1S/C19H22N2O6S/c1-13(2)27-18(22)12-20-19(23)14-7-6-8-15(11-14)28(24,25)21-16-9-4-5-10-17(16)26-3/h4-11,13,21H,12H2,1-3H3,(H,20,23). The van der Waals surface area contributed by atoms with E-state index in [0.717, 1.165) is 0 Å². The summed E-state index contributed by atoms with van der Waals surface area (Å²) in [6.07, 6.45) is -0.293. The average molecular weight is 406 g/mol. The van der Waals surface area contributed by atoms with Crippen LogP contribution in [0.2, 0.25) is 0 Å². The van der Waals surface area contributed by atoms with E-state index in [9.17, 15) is 18.0 Å². The lowest BCUT2D eigenvalue weighted by Crippen LogP contribution is -2.31. The maximum absolute atomic E-state index is 12.7. The second-order valence-electron chi connectivity index (χ2n) is 6.05. The molecule has 0 saturated carbocycles. The zero-order chi connectivity index (χ0) is 20.7. The fourth-order valence-corrected chi connectivity index (χ4v) is 3.41. The molecule has 28 heavy (non-hydrogen) atoms. The van der Waals surface area contributed by atoms with Gasteiger partial charge in [-0.25, -0.2) is 8.42 Å². The quantitative estimate of drug-likeness (QED) is 0.650. The van der Waals surface area contributed by atoms with E-state index in [1.54, 1.807) is 38.1 Å². The van der Waals surface area contributed by atoms with Crippen molar-refractivity contribution in [2.45, 2.75) is 24.8 Å². The van der Waals surface area contributed by atoms with E-state index in [1.807, 2.05) is 0 Å². The molecule has 2 aromatic rings. The summed E-state index contributed by atoms with van der Waals surface area (Å²) in [4.78, 5) is 23.6. The summed E-state index contributed by atoms with van der Waals surface area (Å²) < 4.78 is 37.8. The van der Waals surface area contributed by atoms with Crippen molar-refractivity contribution < 1.29 is 27.5 Å². The number of nitrogens with one attached hydrogen (secondary N) is 2. The van der Waals surface area contributed by atoms with Crippen LogP contribution in [-0.2, 0) is 19.6 Å². The van der Waals surface area contributed by atoms with Gasteiger partial charge in [-0.3, -0.25) is 14.3 Å². The van der Waals surface area contributed by atoms with Crippen molar-refractivity contribution in [1.29, 1.82) is 0 Å². The van der Waals surface area contributed by atoms with Gasteiger partial charge in [-0.2, -0.15) is 0 Å². The molecule has 2 rings (SSSR count). The second-order valence-corrected chi connectivity index (χ2v) is 7.74. The molecule has 0 bridgehead atoms. The first-order valence-corrected chi connectivity index (χ1v) is 9.95. The van der Waals surface area contributed by atoms with Gasteiger partial charge >= 0.3 is 5.97 Å². The van der Waals surface area contributed by atoms with E-state index < -0.39 is 21.9 Å². The largest absolute Gasteiger partial charge is 0.495 e. The Morgan fingerprint density at radius 1 is 1.07 bits per heavy atom. The van der Waals surface area contributed by atoms with E-state index in [-0.39, 0.29) is 28.8 Å². The highest BCUT2D eigenvalue weighted by atomic mass is 32.2. The van der Waals surface area contributed by atoms with Gasteiger partial charge in [0.2, 0.25) is 0 Å². The van der Waals surface area contributed by atoms with E-state index in [0.29, 0.717) is 5.75 Å². The Balaban J connectivity index is 2.15. The maximum atomic E-state index is 12.7. The van der Waals surface area contributed by atoms with Gasteiger partial charge < -0.3 is 14.8 Å². The minimum atomic E-state index is -3.95. The van der Waals surface area contributed by atoms with E-state index >= 15 is 0 Å². The monoisotopic (exact) mass is 406 g/mol. The molecule has 0 aromatic heterocycles. The fraction of sp³-hybridized carbons (Fsp3) is 0.263. The summed E-state index contributed by atoms with van der Waals surface area (Å²) in [5, 5.41) is 2.40. The number of amides is 1. The minimum absolute atomic E-state index is 0.0975. The molecule has 2 N–H and O–H groups in total. The molecule has 0 heterocycles. The first kappa shape index (κ1) is 21.2. The number of carbonyl (C=O) groups is 2. The number of methoxy groups -OCH3 is 1. The number of rotatable bonds is 8. The van der Waals surface area contributed by atoms with Crippen LogP contribution in [0.15, 0.2) is 53.4 Å². The van der Waals surface area contributed by atoms with Crippen molar-refractivity contribution in [3.63, 3.8) is 0 Å². The lowest BCUT2D eigenvalue weighted by Gasteiger charge is -2.12. The highest BCUT2D eigenvalue weighted by Gasteiger charge is 2.18. The van der Waals surface area contributed by atoms with Crippen LogP contribution in [0.4, 0.5) is 5.69 Å². The third-order valence-electron chi connectivity index (χ3n) is 3.52. The first-order valence-electron chi connectivity index (χ1n) is 8.46. The highest BCUT2D eigenvalue weighted by Crippen LogP contribution is 2.26. The summed E-state index contributed by atoms with van der Waals surface area (Å²) >= 11 is 0. The summed E-state index contributed by atoms with van der Waals surface area (Å²) in [6.45, 7) is 3.08. The number of carbonyl (C=O) groups excluding carboxylic acids is 2. The molecule has 150 valence electrons. The van der Waals surface area contributed by atoms with Gasteiger partial charge in [0.15, 0.2) is 0 Å². The molecule has 0 atom stereocenters. The third-order valence-corrected chi connectivity index (χ3v) is 4.88. The van der Waals surface area contributed by atoms with Crippen LogP contribution >= 0.6 is 0 Å². The predicted octanol–water partition coefficient (Wildman–Crippen LogP) is 2.18. The van der Waals surface area contributed by atoms with Crippen LogP contribution < -0.4 is 14.8 Å². The Bertz CT molecular complexity index is 956. The lowest BCUT2D eigenvalue weighted by atomic mass is 10.2. The Morgan fingerprint density at radius 2 is 1.79 bits per heavy atom. The molecule has 0 aliphatic rings. The zero-order valence-corrected chi connectivity index (χ0v) is 16.6. The molecule has 9 heteroatoms. The number of hydrogen-bond acceptors (Lipinski definition) is 6. The third kappa shape index (κ3) is 5.71. The molecule has 1 amide bonds. The van der Waals surface area contributed by atoms with Crippen molar-refractivity contribution >= 4 is 27.6 Å². The van der Waals surface area contributed by atoms with Crippen LogP contribution in [0.5, 0.6) is 5.75 Å². The minimum Gasteiger partial charge on any atom is -0.495 e. The Labute approximate surface area is 163 Å². The van der Waals surface area contributed by atoms with Gasteiger partial charge in [-0.1, -0.05) is 18.2 Å². The van der Waals surface area contributed by atoms with Crippen molar-refractivity contribution in [3.8, 4) is 5.75 Å². The van der Waals surface area contributed by atoms with Crippen LogP contribution in [0.1, 0.15) is 24.2 Å². The number of para-hydroxylation sites is 2. The average Bonchev–Trinajstić information content (AvgIpc) is 2.66. The maximum Gasteiger partial charge on any atom is 0.325 e. The zero-order valence-electron chi connectivity index (χ0n) is 15.8. The Kier molecular flexibility index (Phi) is 7.00. The number of esters is 1. The van der Waals surface area contributed by atoms with Crippen LogP contribution in [0.3, 0.4) is 0 Å². The molecule has 0 spiro atoms. The molecule has 8 nitrogen and oxygen atoms in total. The first-order chi connectivity index (χ1) is 13.2. The van der Waals surface area contributed by atoms with Crippen molar-refractivity contribution in [3.05, 3.63) is 54.1 Å². The van der Waals surface area contributed by atoms with Crippen molar-refractivity contribution in [1.82, 2.24) is 5.32 Å². The number of anilines is 1. The van der Waals surface area contributed by atoms with Gasteiger partial charge in [0, 0.05) is 5.56 Å². The number of benzene rings is 2. The molecular weight excluding hydrogens is 384 g/mol. The fourth-order valence-electron chi connectivity index (χ4n) is 2.30. The van der Waals surface area contributed by atoms with Crippen molar-refractivity contribution in [2.24, 2.45) is 0 Å². The molecule has 0 aliphatic heterocycles. The Morgan fingerprint density at radius 3 is 2.46 bits per heavy atom. The van der Waals surface area contributed by atoms with E-state index in [4.69, 9.17) is 9.47 Å². The van der Waals surface area contributed by atoms with Crippen LogP contribution in [-0.4, -0.2) is 40.1 Å². The van der Waals surface area contributed by atoms with Crippen LogP contribution in [0, 0.1) is 0 Å². The van der Waals surface area contributed by atoms with Gasteiger partial charge in [-0.05, 0) is 44.2 Å². The molecule has 0 unspecified atom stereocenters. The molecule has 0 aliphatic carbocycles. The topological polar surface area (TPSA) is 111 Å². The SMILES string of the molecule is COc1ccccc1NS(=O)(=O)c1cccc(C(=O)NCC(=O)OC(C)C)c1. The van der Waals surface area contributed by atoms with Gasteiger partial charge in [0.1, 0.15) is 12.3 Å². The Hall–Kier alpha value is -3.07. The summed E-state index contributed by atoms with van der Waals surface area (Å²) in [6, 6.07) is 12.0. The van der Waals surface area contributed by atoms with Gasteiger partial charge in [0.25, 0.3) is 15.9 Å². The second kappa shape index (κ2) is 9.23. The van der Waals surface area contributed by atoms with E-state index in [1.165, 1.54) is 31.4 Å². The van der Waals surface area contributed by atoms with Gasteiger partial charge in [0.05, 0.1) is 23.8 Å². The molecular formula is C19H22N2O6S. The summed E-state index contributed by atoms with van der Waals surface area (Å²) in [5.41, 5.74) is 0.372. The summed E-state index contributed by atoms with van der Waals surface area (Å²) in [7, 11) is -2.52. The molecule has 2 aromatic carbocycles. The summed E-state index contributed by atoms with van der Waals surface area (Å²) in [5.74, 6) is -0.802. The smallest absolute Gasteiger partial charge is 0.325 e. The van der Waals surface area contributed by atoms with Gasteiger partial charge in [-0.15, -0.1) is 0 Å². The lowest BCUT2D eigenvalue weighted by molar-refractivity contribution is -0.146. The highest BCUT2D eigenvalue weighted by molar-refractivity contribution is 7.92. The van der Waals surface area contributed by atoms with Crippen LogP contribution in [0.25, 0.3) is 0 Å². The molecule has 0 fully saturated rings.